The molecule has 0 bridgehead atoms. The molecule has 5 heteroatoms. The number of hydrogen-bond acceptors (Lipinski definition) is 4. The van der Waals surface area contributed by atoms with Gasteiger partial charge < -0.3 is 15.2 Å². The molecule has 21 heavy (non-hydrogen) atoms. The lowest BCUT2D eigenvalue weighted by Crippen LogP contribution is -2.61. The van der Waals surface area contributed by atoms with Gasteiger partial charge in [-0.2, -0.15) is 0 Å². The van der Waals surface area contributed by atoms with Gasteiger partial charge in [0, 0.05) is 18.6 Å². The average molecular weight is 298 g/mol. The van der Waals surface area contributed by atoms with Crippen molar-refractivity contribution in [1.82, 2.24) is 10.2 Å². The molecule has 0 amide bonds. The van der Waals surface area contributed by atoms with E-state index < -0.39 is 11.5 Å². The topological polar surface area (TPSA) is 61.8 Å². The molecule has 2 fully saturated rings. The smallest absolute Gasteiger partial charge is 0.323 e. The van der Waals surface area contributed by atoms with Crippen molar-refractivity contribution >= 4 is 5.97 Å². The number of nitrogens with one attached hydrogen (secondary N) is 1. The molecule has 1 aliphatic heterocycles. The van der Waals surface area contributed by atoms with E-state index in [0.717, 1.165) is 64.8 Å². The van der Waals surface area contributed by atoms with Crippen LogP contribution < -0.4 is 5.32 Å². The summed E-state index contributed by atoms with van der Waals surface area (Å²) >= 11 is 0. The van der Waals surface area contributed by atoms with Gasteiger partial charge in [-0.3, -0.25) is 9.69 Å². The summed E-state index contributed by atoms with van der Waals surface area (Å²) in [5.74, 6) is -0.679. The van der Waals surface area contributed by atoms with E-state index in [0.29, 0.717) is 12.1 Å². The van der Waals surface area contributed by atoms with Crippen LogP contribution in [-0.4, -0.2) is 59.9 Å². The molecule has 0 aromatic carbocycles. The summed E-state index contributed by atoms with van der Waals surface area (Å²) in [5, 5.41) is 13.1. The SMILES string of the molecule is CCCNC1(C(=O)O)CCCC(N2CCOCC2CC)C1. The fraction of sp³-hybridized carbons (Fsp3) is 0.938. The number of ether oxygens (including phenoxy) is 1. The van der Waals surface area contributed by atoms with Crippen LogP contribution in [0.5, 0.6) is 0 Å². The predicted molar refractivity (Wildman–Crippen MR) is 82.5 cm³/mol. The molecule has 1 saturated heterocycles. The van der Waals surface area contributed by atoms with E-state index in [9.17, 15) is 9.90 Å². The second-order valence-electron chi connectivity index (χ2n) is 6.44. The lowest BCUT2D eigenvalue weighted by Gasteiger charge is -2.47. The van der Waals surface area contributed by atoms with Crippen molar-refractivity contribution in [1.29, 1.82) is 0 Å². The Labute approximate surface area is 128 Å². The van der Waals surface area contributed by atoms with Crippen LogP contribution in [0.3, 0.4) is 0 Å². The van der Waals surface area contributed by atoms with Crippen LogP contribution in [0.25, 0.3) is 0 Å². The first-order valence-electron chi connectivity index (χ1n) is 8.45. The van der Waals surface area contributed by atoms with Crippen LogP contribution in [-0.2, 0) is 9.53 Å². The highest BCUT2D eigenvalue weighted by Gasteiger charge is 2.45. The second-order valence-corrected chi connectivity index (χ2v) is 6.44. The lowest BCUT2D eigenvalue weighted by molar-refractivity contribution is -0.148. The minimum Gasteiger partial charge on any atom is -0.480 e. The molecule has 2 aliphatic rings. The summed E-state index contributed by atoms with van der Waals surface area (Å²) in [6, 6.07) is 0.813. The zero-order valence-electron chi connectivity index (χ0n) is 13.4. The van der Waals surface area contributed by atoms with Crippen molar-refractivity contribution in [2.75, 3.05) is 26.3 Å². The van der Waals surface area contributed by atoms with Crippen molar-refractivity contribution in [2.45, 2.75) is 70.0 Å². The quantitative estimate of drug-likeness (QED) is 0.784. The van der Waals surface area contributed by atoms with Gasteiger partial charge in [0.25, 0.3) is 0 Å². The van der Waals surface area contributed by atoms with Crippen molar-refractivity contribution in [3.05, 3.63) is 0 Å². The summed E-state index contributed by atoms with van der Waals surface area (Å²) in [7, 11) is 0. The Morgan fingerprint density at radius 3 is 2.95 bits per heavy atom. The monoisotopic (exact) mass is 298 g/mol. The molecule has 1 aliphatic carbocycles. The van der Waals surface area contributed by atoms with Gasteiger partial charge in [-0.05, 0) is 45.1 Å². The number of morpholine rings is 1. The van der Waals surface area contributed by atoms with Crippen LogP contribution in [0.4, 0.5) is 0 Å². The highest BCUT2D eigenvalue weighted by atomic mass is 16.5. The van der Waals surface area contributed by atoms with Crippen LogP contribution in [0.2, 0.25) is 0 Å². The highest BCUT2D eigenvalue weighted by Crippen LogP contribution is 2.33. The molecule has 122 valence electrons. The third-order valence-corrected chi connectivity index (χ3v) is 5.06. The molecule has 2 N–H and O–H groups in total. The van der Waals surface area contributed by atoms with E-state index in [4.69, 9.17) is 4.74 Å². The fourth-order valence-corrected chi connectivity index (χ4v) is 3.82. The first kappa shape index (κ1) is 16.7. The number of carbonyl (C=O) groups is 1. The van der Waals surface area contributed by atoms with Crippen LogP contribution >= 0.6 is 0 Å². The minimum absolute atomic E-state index is 0.369. The maximum absolute atomic E-state index is 11.9. The number of nitrogens with zero attached hydrogens (tertiary/aromatic N) is 1. The normalized spacial score (nSPS) is 34.8. The Morgan fingerprint density at radius 2 is 2.29 bits per heavy atom. The van der Waals surface area contributed by atoms with Crippen molar-refractivity contribution in [3.8, 4) is 0 Å². The molecule has 1 saturated carbocycles. The number of hydrogen-bond donors (Lipinski definition) is 2. The molecule has 3 unspecified atom stereocenters. The molecular formula is C16H30N2O3. The summed E-state index contributed by atoms with van der Waals surface area (Å²) in [4.78, 5) is 14.4. The number of rotatable bonds is 6. The second kappa shape index (κ2) is 7.56. The van der Waals surface area contributed by atoms with E-state index in [1.54, 1.807) is 0 Å². The van der Waals surface area contributed by atoms with Crippen molar-refractivity contribution in [2.24, 2.45) is 0 Å². The standard InChI is InChI=1S/C16H30N2O3/c1-3-8-17-16(15(19)20)7-5-6-14(11-16)18-9-10-21-12-13(18)4-2/h13-14,17H,3-12H2,1-2H3,(H,19,20). The summed E-state index contributed by atoms with van der Waals surface area (Å²) in [6.07, 6.45) is 5.60. The molecule has 1 heterocycles. The lowest BCUT2D eigenvalue weighted by atomic mass is 9.77. The molecule has 0 spiro atoms. The Bertz CT molecular complexity index is 350. The van der Waals surface area contributed by atoms with Gasteiger partial charge in [0.05, 0.1) is 13.2 Å². The number of aliphatic carboxylic acids is 1. The molecule has 5 nitrogen and oxygen atoms in total. The van der Waals surface area contributed by atoms with Crippen LogP contribution in [0.1, 0.15) is 52.4 Å². The summed E-state index contributed by atoms with van der Waals surface area (Å²) in [5.41, 5.74) is -0.727. The van der Waals surface area contributed by atoms with E-state index in [2.05, 4.69) is 24.1 Å². The predicted octanol–water partition coefficient (Wildman–Crippen LogP) is 1.86. The Balaban J connectivity index is 2.08. The van der Waals surface area contributed by atoms with E-state index in [-0.39, 0.29) is 0 Å². The average Bonchev–Trinajstić information content (AvgIpc) is 2.53. The zero-order chi connectivity index (χ0) is 15.3. The van der Waals surface area contributed by atoms with Gasteiger partial charge in [0.1, 0.15) is 5.54 Å². The number of carboxylic acid groups (broad SMARTS) is 1. The van der Waals surface area contributed by atoms with Crippen molar-refractivity contribution < 1.29 is 14.6 Å². The van der Waals surface area contributed by atoms with Gasteiger partial charge >= 0.3 is 5.97 Å². The molecule has 0 aromatic rings. The Hall–Kier alpha value is -0.650. The third kappa shape index (κ3) is 3.76. The largest absolute Gasteiger partial charge is 0.480 e. The maximum atomic E-state index is 11.9. The maximum Gasteiger partial charge on any atom is 0.323 e. The molecular weight excluding hydrogens is 268 g/mol. The summed E-state index contributed by atoms with van der Waals surface area (Å²) in [6.45, 7) is 7.55. The molecule has 3 atom stereocenters. The van der Waals surface area contributed by atoms with Gasteiger partial charge in [0.15, 0.2) is 0 Å². The van der Waals surface area contributed by atoms with Gasteiger partial charge in [-0.25, -0.2) is 0 Å². The van der Waals surface area contributed by atoms with Crippen molar-refractivity contribution in [3.63, 3.8) is 0 Å². The fourth-order valence-electron chi connectivity index (χ4n) is 3.82. The summed E-state index contributed by atoms with van der Waals surface area (Å²) < 4.78 is 5.58. The van der Waals surface area contributed by atoms with Gasteiger partial charge in [-0.15, -0.1) is 0 Å². The minimum atomic E-state index is -0.727. The van der Waals surface area contributed by atoms with E-state index in [1.165, 1.54) is 0 Å². The van der Waals surface area contributed by atoms with Crippen LogP contribution in [0, 0.1) is 0 Å². The van der Waals surface area contributed by atoms with Crippen LogP contribution in [0.15, 0.2) is 0 Å². The van der Waals surface area contributed by atoms with Gasteiger partial charge in [0.2, 0.25) is 0 Å². The van der Waals surface area contributed by atoms with E-state index >= 15 is 0 Å². The molecule has 2 rings (SSSR count). The first-order valence-corrected chi connectivity index (χ1v) is 8.45. The third-order valence-electron chi connectivity index (χ3n) is 5.06. The molecule has 0 aromatic heterocycles. The van der Waals surface area contributed by atoms with E-state index in [1.807, 2.05) is 0 Å². The zero-order valence-corrected chi connectivity index (χ0v) is 13.4. The molecule has 0 radical (unpaired) electrons. The highest BCUT2D eigenvalue weighted by molar-refractivity contribution is 5.79. The van der Waals surface area contributed by atoms with Gasteiger partial charge in [-0.1, -0.05) is 13.8 Å². The first-order chi connectivity index (χ1) is 10.1. The Kier molecular flexibility index (Phi) is 6.02. The number of carboxylic acids is 1. The Morgan fingerprint density at radius 1 is 1.48 bits per heavy atom.